The van der Waals surface area contributed by atoms with Crippen LogP contribution in [0.3, 0.4) is 0 Å². The molecule has 108 valence electrons. The molecule has 1 aliphatic carbocycles. The molecule has 0 fully saturated rings. The maximum absolute atomic E-state index is 9.35. The smallest absolute Gasteiger partial charge is 0.115 e. The van der Waals surface area contributed by atoms with Gasteiger partial charge in [-0.3, -0.25) is 0 Å². The lowest BCUT2D eigenvalue weighted by Gasteiger charge is -2.20. The fourth-order valence-corrected chi connectivity index (χ4v) is 3.05. The summed E-state index contributed by atoms with van der Waals surface area (Å²) < 4.78 is 0. The molecule has 1 N–H and O–H groups in total. The van der Waals surface area contributed by atoms with Crippen molar-refractivity contribution in [2.45, 2.75) is 32.6 Å². The topological polar surface area (TPSA) is 20.2 Å². The summed E-state index contributed by atoms with van der Waals surface area (Å²) in [5.41, 5.74) is 5.19. The second-order valence-corrected chi connectivity index (χ2v) is 5.90. The van der Waals surface area contributed by atoms with Crippen molar-refractivity contribution in [1.29, 1.82) is 0 Å². The molecular weight excluding hydrogens is 256 g/mol. The van der Waals surface area contributed by atoms with E-state index in [1.807, 2.05) is 12.1 Å². The van der Waals surface area contributed by atoms with Crippen molar-refractivity contribution < 1.29 is 5.11 Å². The minimum atomic E-state index is 0.313. The van der Waals surface area contributed by atoms with Gasteiger partial charge in [0.05, 0.1) is 0 Å². The van der Waals surface area contributed by atoms with Crippen molar-refractivity contribution in [2.24, 2.45) is 5.92 Å². The molecule has 1 atom stereocenters. The number of rotatable bonds is 3. The third-order valence-corrected chi connectivity index (χ3v) is 4.55. The van der Waals surface area contributed by atoms with Gasteiger partial charge in [0.1, 0.15) is 5.75 Å². The molecule has 0 saturated heterocycles. The van der Waals surface area contributed by atoms with Gasteiger partial charge in [-0.25, -0.2) is 0 Å². The SMILES string of the molecule is CCC1CC=C(c2ccc(-c3ccc(O)cc3)cc2)CC1. The maximum Gasteiger partial charge on any atom is 0.115 e. The molecule has 0 heterocycles. The lowest BCUT2D eigenvalue weighted by molar-refractivity contribution is 0.471. The summed E-state index contributed by atoms with van der Waals surface area (Å²) in [5, 5.41) is 9.35. The van der Waals surface area contributed by atoms with Gasteiger partial charge in [0.25, 0.3) is 0 Å². The van der Waals surface area contributed by atoms with E-state index in [0.29, 0.717) is 5.75 Å². The standard InChI is InChI=1S/C20H22O/c1-2-15-3-5-16(6-4-15)17-7-9-18(10-8-17)19-11-13-20(21)14-12-19/h5,7-15,21H,2-4,6H2,1H3. The van der Waals surface area contributed by atoms with E-state index in [9.17, 15) is 5.11 Å². The van der Waals surface area contributed by atoms with Crippen molar-refractivity contribution in [3.8, 4) is 16.9 Å². The van der Waals surface area contributed by atoms with Crippen molar-refractivity contribution in [3.05, 3.63) is 60.2 Å². The third kappa shape index (κ3) is 3.18. The fourth-order valence-electron chi connectivity index (χ4n) is 3.05. The number of benzene rings is 2. The quantitative estimate of drug-likeness (QED) is 0.768. The molecular formula is C20H22O. The van der Waals surface area contributed by atoms with E-state index in [-0.39, 0.29) is 0 Å². The van der Waals surface area contributed by atoms with Crippen LogP contribution in [0.25, 0.3) is 16.7 Å². The van der Waals surface area contributed by atoms with E-state index in [1.54, 1.807) is 12.1 Å². The van der Waals surface area contributed by atoms with Gasteiger partial charge < -0.3 is 5.11 Å². The summed E-state index contributed by atoms with van der Waals surface area (Å²) in [7, 11) is 0. The Hall–Kier alpha value is -2.02. The van der Waals surface area contributed by atoms with Crippen LogP contribution in [0.1, 0.15) is 38.2 Å². The highest BCUT2D eigenvalue weighted by atomic mass is 16.3. The van der Waals surface area contributed by atoms with Crippen LogP contribution in [0.4, 0.5) is 0 Å². The number of hydrogen-bond acceptors (Lipinski definition) is 1. The number of allylic oxidation sites excluding steroid dienone is 2. The van der Waals surface area contributed by atoms with Gasteiger partial charge in [0, 0.05) is 0 Å². The van der Waals surface area contributed by atoms with Crippen molar-refractivity contribution in [2.75, 3.05) is 0 Å². The summed E-state index contributed by atoms with van der Waals surface area (Å²) in [6.45, 7) is 2.29. The summed E-state index contributed by atoms with van der Waals surface area (Å²) in [6.07, 6.45) is 7.47. The average molecular weight is 278 g/mol. The molecule has 0 saturated carbocycles. The highest BCUT2D eigenvalue weighted by Gasteiger charge is 2.13. The molecule has 1 nitrogen and oxygen atoms in total. The van der Waals surface area contributed by atoms with Crippen molar-refractivity contribution in [3.63, 3.8) is 0 Å². The van der Waals surface area contributed by atoms with E-state index in [1.165, 1.54) is 42.4 Å². The average Bonchev–Trinajstić information content (AvgIpc) is 2.56. The van der Waals surface area contributed by atoms with Gasteiger partial charge in [-0.05, 0) is 59.6 Å². The molecule has 0 aliphatic heterocycles. The van der Waals surface area contributed by atoms with Crippen LogP contribution in [0.5, 0.6) is 5.75 Å². The Balaban J connectivity index is 1.78. The number of phenols is 1. The molecule has 2 aromatic carbocycles. The van der Waals surface area contributed by atoms with Crippen molar-refractivity contribution >= 4 is 5.57 Å². The summed E-state index contributed by atoms with van der Waals surface area (Å²) in [6, 6.07) is 16.2. The highest BCUT2D eigenvalue weighted by molar-refractivity contribution is 5.71. The molecule has 1 heteroatoms. The molecule has 0 aromatic heterocycles. The Bertz CT molecular complexity index is 620. The van der Waals surface area contributed by atoms with E-state index >= 15 is 0 Å². The summed E-state index contributed by atoms with van der Waals surface area (Å²) in [4.78, 5) is 0. The Kier molecular flexibility index (Phi) is 4.10. The molecule has 3 rings (SSSR count). The van der Waals surface area contributed by atoms with E-state index in [4.69, 9.17) is 0 Å². The molecule has 1 aliphatic rings. The zero-order chi connectivity index (χ0) is 14.7. The number of aromatic hydroxyl groups is 1. The zero-order valence-electron chi connectivity index (χ0n) is 12.5. The van der Waals surface area contributed by atoms with Gasteiger partial charge in [-0.1, -0.05) is 55.8 Å². The predicted octanol–water partition coefficient (Wildman–Crippen LogP) is 5.65. The third-order valence-electron chi connectivity index (χ3n) is 4.55. The first-order valence-corrected chi connectivity index (χ1v) is 7.85. The predicted molar refractivity (Wildman–Crippen MR) is 89.2 cm³/mol. The maximum atomic E-state index is 9.35. The minimum absolute atomic E-state index is 0.313. The first kappa shape index (κ1) is 13.9. The summed E-state index contributed by atoms with van der Waals surface area (Å²) in [5.74, 6) is 1.19. The van der Waals surface area contributed by atoms with Gasteiger partial charge in [0.15, 0.2) is 0 Å². The van der Waals surface area contributed by atoms with Crippen LogP contribution in [0, 0.1) is 5.92 Å². The molecule has 0 bridgehead atoms. The van der Waals surface area contributed by atoms with Gasteiger partial charge in [0.2, 0.25) is 0 Å². The fraction of sp³-hybridized carbons (Fsp3) is 0.300. The van der Waals surface area contributed by atoms with Crippen LogP contribution < -0.4 is 0 Å². The monoisotopic (exact) mass is 278 g/mol. The lowest BCUT2D eigenvalue weighted by atomic mass is 9.85. The molecule has 2 aromatic rings. The van der Waals surface area contributed by atoms with Crippen molar-refractivity contribution in [1.82, 2.24) is 0 Å². The van der Waals surface area contributed by atoms with Crippen LogP contribution in [-0.2, 0) is 0 Å². The minimum Gasteiger partial charge on any atom is -0.508 e. The molecule has 0 radical (unpaired) electrons. The Labute approximate surface area is 127 Å². The zero-order valence-corrected chi connectivity index (χ0v) is 12.5. The normalized spacial score (nSPS) is 18.3. The molecule has 21 heavy (non-hydrogen) atoms. The van der Waals surface area contributed by atoms with Gasteiger partial charge >= 0.3 is 0 Å². The molecule has 0 spiro atoms. The second-order valence-electron chi connectivity index (χ2n) is 5.90. The largest absolute Gasteiger partial charge is 0.508 e. The summed E-state index contributed by atoms with van der Waals surface area (Å²) >= 11 is 0. The Morgan fingerprint density at radius 3 is 2.00 bits per heavy atom. The van der Waals surface area contributed by atoms with Gasteiger partial charge in [-0.15, -0.1) is 0 Å². The van der Waals surface area contributed by atoms with Crippen LogP contribution in [0.2, 0.25) is 0 Å². The first-order chi connectivity index (χ1) is 10.3. The van der Waals surface area contributed by atoms with Gasteiger partial charge in [-0.2, -0.15) is 0 Å². The van der Waals surface area contributed by atoms with E-state index < -0.39 is 0 Å². The number of phenolic OH excluding ortho intramolecular Hbond substituents is 1. The highest BCUT2D eigenvalue weighted by Crippen LogP contribution is 2.32. The van der Waals surface area contributed by atoms with Crippen LogP contribution in [0.15, 0.2) is 54.6 Å². The number of hydrogen-bond donors (Lipinski definition) is 1. The van der Waals surface area contributed by atoms with E-state index in [2.05, 4.69) is 37.3 Å². The van der Waals surface area contributed by atoms with E-state index in [0.717, 1.165) is 11.5 Å². The Morgan fingerprint density at radius 2 is 1.48 bits per heavy atom. The van der Waals surface area contributed by atoms with Crippen LogP contribution >= 0.6 is 0 Å². The van der Waals surface area contributed by atoms with Crippen LogP contribution in [-0.4, -0.2) is 5.11 Å². The molecule has 1 unspecified atom stereocenters. The second kappa shape index (κ2) is 6.17. The Morgan fingerprint density at radius 1 is 0.905 bits per heavy atom. The first-order valence-electron chi connectivity index (χ1n) is 7.85. The molecule has 0 amide bonds. The lowest BCUT2D eigenvalue weighted by Crippen LogP contribution is -2.03.